The first-order chi connectivity index (χ1) is 13.8. The van der Waals surface area contributed by atoms with Crippen molar-refractivity contribution in [3.05, 3.63) is 24.3 Å². The van der Waals surface area contributed by atoms with Crippen LogP contribution in [0.1, 0.15) is 19.8 Å². The van der Waals surface area contributed by atoms with Crippen LogP contribution in [0.15, 0.2) is 24.3 Å². The number of benzene rings is 1. The van der Waals surface area contributed by atoms with Crippen molar-refractivity contribution in [3.63, 3.8) is 0 Å². The van der Waals surface area contributed by atoms with Gasteiger partial charge in [0.05, 0.1) is 5.92 Å². The Bertz CT molecular complexity index is 888. The van der Waals surface area contributed by atoms with E-state index in [-0.39, 0.29) is 11.9 Å². The number of aromatic nitrogens is 2. The van der Waals surface area contributed by atoms with Gasteiger partial charge in [-0.15, -0.1) is 10.2 Å². The molecule has 0 bridgehead atoms. The number of rotatable bonds is 4. The molecule has 156 valence electrons. The number of nitrogens with zero attached hydrogens (tertiary/aromatic N) is 2. The van der Waals surface area contributed by atoms with Crippen LogP contribution in [0.2, 0.25) is 0 Å². The number of amides is 1. The summed E-state index contributed by atoms with van der Waals surface area (Å²) in [4.78, 5) is 11.2. The second-order valence-electron chi connectivity index (χ2n) is 7.37. The van der Waals surface area contributed by atoms with E-state index in [0.717, 1.165) is 5.56 Å². The Kier molecular flexibility index (Phi) is 5.45. The molecule has 1 amide bonds. The summed E-state index contributed by atoms with van der Waals surface area (Å²) in [5.74, 6) is -2.16. The smallest absolute Gasteiger partial charge is 0.357 e. The third-order valence-electron chi connectivity index (χ3n) is 5.37. The highest BCUT2D eigenvalue weighted by atomic mass is 32.1. The Balaban J connectivity index is 1.52. The Morgan fingerprint density at radius 3 is 2.86 bits per heavy atom. The van der Waals surface area contributed by atoms with Gasteiger partial charge in [0, 0.05) is 42.7 Å². The Labute approximate surface area is 169 Å². The van der Waals surface area contributed by atoms with E-state index in [2.05, 4.69) is 31.7 Å². The number of fused-ring (bicyclic) bond motifs is 1. The van der Waals surface area contributed by atoms with Crippen molar-refractivity contribution in [2.75, 3.05) is 17.2 Å². The molecular weight excluding hydrogens is 405 g/mol. The minimum Gasteiger partial charge on any atom is -0.357 e. The molecular formula is C18H21F3N6OS. The van der Waals surface area contributed by atoms with E-state index in [1.54, 1.807) is 18.2 Å². The predicted octanol–water partition coefficient (Wildman–Crippen LogP) is 3.01. The minimum atomic E-state index is -4.30. The molecule has 2 heterocycles. The summed E-state index contributed by atoms with van der Waals surface area (Å²) in [6.07, 6.45) is -3.24. The molecule has 2 aliphatic rings. The fourth-order valence-corrected chi connectivity index (χ4v) is 4.98. The van der Waals surface area contributed by atoms with Crippen LogP contribution in [-0.2, 0) is 4.79 Å². The van der Waals surface area contributed by atoms with E-state index in [9.17, 15) is 18.0 Å². The number of hydrogen-bond acceptors (Lipinski definition) is 7. The van der Waals surface area contributed by atoms with Crippen LogP contribution in [0.25, 0.3) is 10.6 Å². The third-order valence-corrected chi connectivity index (χ3v) is 6.27. The zero-order chi connectivity index (χ0) is 20.6. The van der Waals surface area contributed by atoms with Crippen molar-refractivity contribution in [1.29, 1.82) is 0 Å². The number of nitrogens with one attached hydrogen (secondary N) is 4. The number of anilines is 2. The van der Waals surface area contributed by atoms with E-state index in [4.69, 9.17) is 0 Å². The largest absolute Gasteiger partial charge is 0.394 e. The predicted molar refractivity (Wildman–Crippen MR) is 104 cm³/mol. The molecule has 4 atom stereocenters. The van der Waals surface area contributed by atoms with Gasteiger partial charge in [-0.05, 0) is 25.0 Å². The lowest BCUT2D eigenvalue weighted by molar-refractivity contribution is -0.198. The van der Waals surface area contributed by atoms with Crippen molar-refractivity contribution in [1.82, 2.24) is 21.0 Å². The molecule has 29 heavy (non-hydrogen) atoms. The number of alkyl halides is 3. The molecule has 4 N–H and O–H groups in total. The van der Waals surface area contributed by atoms with Gasteiger partial charge in [0.2, 0.25) is 11.0 Å². The molecule has 1 aromatic carbocycles. The van der Waals surface area contributed by atoms with Crippen molar-refractivity contribution >= 4 is 28.1 Å². The van der Waals surface area contributed by atoms with Crippen LogP contribution in [0.5, 0.6) is 0 Å². The van der Waals surface area contributed by atoms with Gasteiger partial charge in [0.1, 0.15) is 5.01 Å². The molecule has 1 aromatic heterocycles. The second kappa shape index (κ2) is 7.88. The summed E-state index contributed by atoms with van der Waals surface area (Å²) in [6, 6.07) is 6.18. The topological polar surface area (TPSA) is 91.0 Å². The summed E-state index contributed by atoms with van der Waals surface area (Å²) in [6.45, 7) is 1.71. The SMILES string of the molecule is CC(=O)Nc1cccc(-c2nnc(NC3CCC4NNCC4C3C(F)(F)F)s2)c1. The zero-order valence-corrected chi connectivity index (χ0v) is 16.4. The van der Waals surface area contributed by atoms with Gasteiger partial charge in [-0.25, -0.2) is 0 Å². The normalized spacial score (nSPS) is 26.8. The fourth-order valence-electron chi connectivity index (χ4n) is 4.18. The molecule has 4 rings (SSSR count). The first kappa shape index (κ1) is 20.0. The van der Waals surface area contributed by atoms with Crippen molar-refractivity contribution in [2.45, 2.75) is 38.0 Å². The molecule has 0 spiro atoms. The van der Waals surface area contributed by atoms with E-state index in [1.165, 1.54) is 18.3 Å². The number of carbonyl (C=O) groups is 1. The maximum Gasteiger partial charge on any atom is 0.394 e. The highest BCUT2D eigenvalue weighted by Crippen LogP contribution is 2.44. The summed E-state index contributed by atoms with van der Waals surface area (Å²) < 4.78 is 41.4. The van der Waals surface area contributed by atoms with Crippen LogP contribution in [-0.4, -0.2) is 40.9 Å². The number of hydrogen-bond donors (Lipinski definition) is 4. The van der Waals surface area contributed by atoms with Crippen LogP contribution in [0.4, 0.5) is 24.0 Å². The van der Waals surface area contributed by atoms with E-state index in [0.29, 0.717) is 35.2 Å². The zero-order valence-electron chi connectivity index (χ0n) is 15.6. The maximum atomic E-state index is 13.8. The van der Waals surface area contributed by atoms with Gasteiger partial charge in [-0.3, -0.25) is 15.6 Å². The molecule has 11 heteroatoms. The lowest BCUT2D eigenvalue weighted by Gasteiger charge is -2.40. The van der Waals surface area contributed by atoms with Crippen LogP contribution >= 0.6 is 11.3 Å². The van der Waals surface area contributed by atoms with E-state index < -0.39 is 24.1 Å². The molecule has 2 aromatic rings. The lowest BCUT2D eigenvalue weighted by Crippen LogP contribution is -2.52. The highest BCUT2D eigenvalue weighted by molar-refractivity contribution is 7.18. The van der Waals surface area contributed by atoms with Gasteiger partial charge >= 0.3 is 6.18 Å². The molecule has 7 nitrogen and oxygen atoms in total. The monoisotopic (exact) mass is 426 g/mol. The van der Waals surface area contributed by atoms with E-state index in [1.807, 2.05) is 6.07 Å². The van der Waals surface area contributed by atoms with Gasteiger partial charge in [-0.2, -0.15) is 13.2 Å². The van der Waals surface area contributed by atoms with Crippen LogP contribution in [0.3, 0.4) is 0 Å². The van der Waals surface area contributed by atoms with Gasteiger partial charge in [0.15, 0.2) is 0 Å². The van der Waals surface area contributed by atoms with E-state index >= 15 is 0 Å². The molecule has 1 saturated heterocycles. The molecule has 2 fully saturated rings. The maximum absolute atomic E-state index is 13.8. The van der Waals surface area contributed by atoms with Crippen LogP contribution in [0, 0.1) is 11.8 Å². The second-order valence-corrected chi connectivity index (χ2v) is 8.34. The van der Waals surface area contributed by atoms with Crippen LogP contribution < -0.4 is 21.5 Å². The third kappa shape index (κ3) is 4.36. The van der Waals surface area contributed by atoms with Gasteiger partial charge < -0.3 is 10.6 Å². The first-order valence-electron chi connectivity index (χ1n) is 9.34. The number of halogens is 3. The summed E-state index contributed by atoms with van der Waals surface area (Å²) in [5.41, 5.74) is 7.18. The standard InChI is InChI=1S/C18H21F3N6OS/c1-9(28)23-11-4-2-3-10(7-11)16-26-27-17(29-16)24-14-6-5-13-12(8-22-25-13)15(14)18(19,20)21/h2-4,7,12-15,22,25H,5-6,8H2,1H3,(H,23,28)(H,24,27). The Morgan fingerprint density at radius 2 is 2.10 bits per heavy atom. The molecule has 1 saturated carbocycles. The fraction of sp³-hybridized carbons (Fsp3) is 0.500. The first-order valence-corrected chi connectivity index (χ1v) is 10.2. The summed E-state index contributed by atoms with van der Waals surface area (Å²) in [5, 5.41) is 14.8. The molecule has 0 radical (unpaired) electrons. The molecule has 1 aliphatic heterocycles. The van der Waals surface area contributed by atoms with Crippen molar-refractivity contribution in [3.8, 4) is 10.6 Å². The summed E-state index contributed by atoms with van der Waals surface area (Å²) >= 11 is 1.20. The molecule has 1 aliphatic carbocycles. The van der Waals surface area contributed by atoms with Crippen molar-refractivity contribution < 1.29 is 18.0 Å². The average molecular weight is 426 g/mol. The molecule has 4 unspecified atom stereocenters. The van der Waals surface area contributed by atoms with Gasteiger partial charge in [0.25, 0.3) is 0 Å². The minimum absolute atomic E-state index is 0.166. The summed E-state index contributed by atoms with van der Waals surface area (Å²) in [7, 11) is 0. The quantitative estimate of drug-likeness (QED) is 0.601. The number of hydrazine groups is 1. The lowest BCUT2D eigenvalue weighted by atomic mass is 9.73. The Morgan fingerprint density at radius 1 is 1.28 bits per heavy atom. The number of carbonyl (C=O) groups excluding carboxylic acids is 1. The highest BCUT2D eigenvalue weighted by Gasteiger charge is 2.55. The van der Waals surface area contributed by atoms with Crippen molar-refractivity contribution in [2.24, 2.45) is 11.8 Å². The van der Waals surface area contributed by atoms with Gasteiger partial charge in [-0.1, -0.05) is 23.5 Å². The Hall–Kier alpha value is -2.24. The average Bonchev–Trinajstić information content (AvgIpc) is 3.29.